The average molecular weight is 606 g/mol. The van der Waals surface area contributed by atoms with Gasteiger partial charge in [0.2, 0.25) is 0 Å². The van der Waals surface area contributed by atoms with E-state index in [-0.39, 0.29) is 0 Å². The Kier molecular flexibility index (Phi) is 11.5. The molecular formula is C12H14Br4S4. The van der Waals surface area contributed by atoms with E-state index in [1.54, 1.807) is 0 Å². The number of halogens is 4. The van der Waals surface area contributed by atoms with Gasteiger partial charge in [-0.1, -0.05) is 0 Å². The van der Waals surface area contributed by atoms with Gasteiger partial charge in [0, 0.05) is 40.9 Å². The van der Waals surface area contributed by atoms with Crippen molar-refractivity contribution in [3.05, 3.63) is 29.0 Å². The molecule has 114 valence electrons. The Hall–Kier alpha value is 2.54. The highest BCUT2D eigenvalue weighted by atomic mass is 79.9. The van der Waals surface area contributed by atoms with Crippen molar-refractivity contribution < 1.29 is 0 Å². The van der Waals surface area contributed by atoms with Crippen molar-refractivity contribution in [2.75, 3.05) is 23.0 Å². The highest BCUT2D eigenvalue weighted by Crippen LogP contribution is 2.44. The third-order valence-electron chi connectivity index (χ3n) is 2.41. The van der Waals surface area contributed by atoms with Gasteiger partial charge in [0.05, 0.1) is 0 Å². The van der Waals surface area contributed by atoms with Crippen molar-refractivity contribution in [3.63, 3.8) is 0 Å². The zero-order valence-corrected chi connectivity index (χ0v) is 20.2. The van der Waals surface area contributed by atoms with E-state index in [1.165, 1.54) is 11.1 Å². The van der Waals surface area contributed by atoms with E-state index in [9.17, 15) is 0 Å². The molecule has 1 rings (SSSR count). The molecule has 0 nitrogen and oxygen atoms in total. The summed E-state index contributed by atoms with van der Waals surface area (Å²) in [6, 6.07) is 0. The van der Waals surface area contributed by atoms with Gasteiger partial charge in [-0.2, -0.15) is 48.8 Å². The van der Waals surface area contributed by atoms with Gasteiger partial charge in [-0.05, 0) is 86.4 Å². The summed E-state index contributed by atoms with van der Waals surface area (Å²) in [5.41, 5.74) is 2.55. The van der Waals surface area contributed by atoms with Crippen LogP contribution in [0.4, 0.5) is 0 Å². The molecule has 1 aromatic rings. The Bertz CT molecular complexity index is 384. The van der Waals surface area contributed by atoms with Gasteiger partial charge in [0.25, 0.3) is 0 Å². The molecule has 0 fully saturated rings. The summed E-state index contributed by atoms with van der Waals surface area (Å²) >= 11 is 27.2. The zero-order chi connectivity index (χ0) is 15.1. The van der Waals surface area contributed by atoms with Crippen molar-refractivity contribution in [3.8, 4) is 0 Å². The highest BCUT2D eigenvalue weighted by molar-refractivity contribution is 9.14. The van der Waals surface area contributed by atoms with Crippen LogP contribution >= 0.6 is 113 Å². The molecule has 0 aromatic heterocycles. The second-order valence-corrected chi connectivity index (χ2v) is 10.0. The van der Waals surface area contributed by atoms with Crippen LogP contribution in [0.2, 0.25) is 0 Å². The molecule has 0 heterocycles. The van der Waals surface area contributed by atoms with Gasteiger partial charge in [-0.25, -0.2) is 0 Å². The van der Waals surface area contributed by atoms with E-state index in [4.69, 9.17) is 0 Å². The first-order chi connectivity index (χ1) is 9.54. The van der Waals surface area contributed by atoms with Crippen LogP contribution in [0.1, 0.15) is 11.1 Å². The van der Waals surface area contributed by atoms with E-state index in [0.29, 0.717) is 0 Å². The fourth-order valence-corrected chi connectivity index (χ4v) is 7.35. The molecule has 8 heteroatoms. The van der Waals surface area contributed by atoms with E-state index in [0.717, 1.165) is 52.4 Å². The molecule has 0 bridgehead atoms. The first-order valence-electron chi connectivity index (χ1n) is 5.75. The van der Waals surface area contributed by atoms with Crippen LogP contribution in [0.3, 0.4) is 0 Å². The monoisotopic (exact) mass is 602 g/mol. The van der Waals surface area contributed by atoms with Crippen LogP contribution in [0.5, 0.6) is 0 Å². The minimum atomic E-state index is 0.903. The lowest BCUT2D eigenvalue weighted by molar-refractivity contribution is 1.23. The highest BCUT2D eigenvalue weighted by Gasteiger charge is 2.18. The van der Waals surface area contributed by atoms with Crippen LogP contribution in [-0.2, 0) is 11.5 Å². The number of thioether (sulfide) groups is 2. The summed E-state index contributed by atoms with van der Waals surface area (Å²) in [6.07, 6.45) is 0. The second-order valence-electron chi connectivity index (χ2n) is 3.77. The number of hydrogen-bond acceptors (Lipinski definition) is 4. The maximum Gasteiger partial charge on any atom is 0.0373 e. The number of thiol groups is 2. The van der Waals surface area contributed by atoms with Crippen LogP contribution in [0.15, 0.2) is 17.9 Å². The summed E-state index contributed by atoms with van der Waals surface area (Å²) in [4.78, 5) is 0. The maximum atomic E-state index is 4.25. The van der Waals surface area contributed by atoms with Crippen LogP contribution < -0.4 is 0 Å². The molecule has 0 unspecified atom stereocenters. The molecule has 0 aliphatic rings. The van der Waals surface area contributed by atoms with E-state index in [2.05, 4.69) is 89.0 Å². The Morgan fingerprint density at radius 3 is 1.20 bits per heavy atom. The summed E-state index contributed by atoms with van der Waals surface area (Å²) < 4.78 is 4.56. The normalized spacial score (nSPS) is 11.1. The summed E-state index contributed by atoms with van der Waals surface area (Å²) in [5.74, 6) is 5.83. The maximum absolute atomic E-state index is 4.25. The molecule has 0 aliphatic carbocycles. The molecule has 0 spiro atoms. The fourth-order valence-electron chi connectivity index (χ4n) is 1.45. The Morgan fingerprint density at radius 1 is 0.650 bits per heavy atom. The Morgan fingerprint density at radius 2 is 0.950 bits per heavy atom. The van der Waals surface area contributed by atoms with E-state index in [1.807, 2.05) is 23.5 Å². The average Bonchev–Trinajstić information content (AvgIpc) is 2.44. The van der Waals surface area contributed by atoms with Crippen molar-refractivity contribution in [2.24, 2.45) is 0 Å². The topological polar surface area (TPSA) is 0 Å². The van der Waals surface area contributed by atoms with Gasteiger partial charge >= 0.3 is 0 Å². The molecule has 0 aliphatic heterocycles. The third kappa shape index (κ3) is 5.87. The summed E-state index contributed by atoms with van der Waals surface area (Å²) in [5, 5.41) is 0. The molecule has 0 saturated heterocycles. The van der Waals surface area contributed by atoms with Crippen LogP contribution in [0.25, 0.3) is 0 Å². The molecule has 20 heavy (non-hydrogen) atoms. The van der Waals surface area contributed by atoms with Crippen molar-refractivity contribution in [1.82, 2.24) is 0 Å². The van der Waals surface area contributed by atoms with Gasteiger partial charge in [0.15, 0.2) is 0 Å². The predicted octanol–water partition coefficient (Wildman–Crippen LogP) is 7.06. The Balaban J connectivity index is 3.00. The SMILES string of the molecule is SCCSCc1c(Br)c(Br)c(CSCCS)c(Br)c1Br. The molecule has 0 amide bonds. The van der Waals surface area contributed by atoms with E-state index < -0.39 is 0 Å². The van der Waals surface area contributed by atoms with Gasteiger partial charge in [-0.3, -0.25) is 0 Å². The smallest absolute Gasteiger partial charge is 0.0373 e. The molecule has 0 atom stereocenters. The first-order valence-corrected chi connectivity index (χ1v) is 12.5. The van der Waals surface area contributed by atoms with Crippen molar-refractivity contribution in [1.29, 1.82) is 0 Å². The first kappa shape index (κ1) is 20.6. The molecule has 1 aromatic carbocycles. The lowest BCUT2D eigenvalue weighted by Crippen LogP contribution is -1.97. The largest absolute Gasteiger partial charge is 0.179 e. The van der Waals surface area contributed by atoms with Crippen molar-refractivity contribution in [2.45, 2.75) is 11.5 Å². The van der Waals surface area contributed by atoms with Gasteiger partial charge in [0.1, 0.15) is 0 Å². The van der Waals surface area contributed by atoms with Gasteiger partial charge < -0.3 is 0 Å². The molecule has 0 N–H and O–H groups in total. The third-order valence-corrected chi connectivity index (χ3v) is 10.00. The fraction of sp³-hybridized carbons (Fsp3) is 0.500. The van der Waals surface area contributed by atoms with E-state index >= 15 is 0 Å². The number of hydrogen-bond donors (Lipinski definition) is 2. The summed E-state index contributed by atoms with van der Waals surface area (Å²) in [6.45, 7) is 0. The van der Waals surface area contributed by atoms with Crippen LogP contribution in [0, 0.1) is 0 Å². The lowest BCUT2D eigenvalue weighted by Gasteiger charge is -2.16. The van der Waals surface area contributed by atoms with Crippen LogP contribution in [-0.4, -0.2) is 23.0 Å². The number of rotatable bonds is 8. The predicted molar refractivity (Wildman–Crippen MR) is 117 cm³/mol. The zero-order valence-electron chi connectivity index (χ0n) is 10.5. The van der Waals surface area contributed by atoms with Crippen molar-refractivity contribution >= 4 is 113 Å². The minimum absolute atomic E-state index is 0.903. The van der Waals surface area contributed by atoms with Gasteiger partial charge in [-0.15, -0.1) is 0 Å². The summed E-state index contributed by atoms with van der Waals surface area (Å²) in [7, 11) is 0. The quantitative estimate of drug-likeness (QED) is 0.185. The minimum Gasteiger partial charge on any atom is -0.179 e. The second kappa shape index (κ2) is 11.2. The number of benzene rings is 1. The standard InChI is InChI=1S/C12H14Br4S4/c13-9-7(5-19-3-1-17)10(14)12(16)8(11(9)15)6-20-4-2-18/h17-18H,1-6H2. The molecular weight excluding hydrogens is 592 g/mol. The molecule has 0 radical (unpaired) electrons. The molecule has 0 saturated carbocycles. The Labute approximate surface area is 174 Å². The lowest BCUT2D eigenvalue weighted by atomic mass is 10.2.